The van der Waals surface area contributed by atoms with Crippen LogP contribution in [0.3, 0.4) is 0 Å². The predicted octanol–water partition coefficient (Wildman–Crippen LogP) is 4.48. The number of carbonyl (C=O) groups excluding carboxylic acids is 1. The van der Waals surface area contributed by atoms with E-state index in [4.69, 9.17) is 4.74 Å². The minimum Gasteiger partial charge on any atom is -0.449 e. The van der Waals surface area contributed by atoms with Gasteiger partial charge in [0, 0.05) is 5.41 Å². The van der Waals surface area contributed by atoms with Crippen molar-refractivity contribution in [1.29, 1.82) is 0 Å². The monoisotopic (exact) mass is 244 g/mol. The molecule has 16 heavy (non-hydrogen) atoms. The maximum absolute atomic E-state index is 11.7. The van der Waals surface area contributed by atoms with E-state index in [0.29, 0.717) is 0 Å². The molecule has 1 heterocycles. The Morgan fingerprint density at radius 3 is 1.69 bits per heavy atom. The van der Waals surface area contributed by atoms with Crippen LogP contribution >= 0.6 is 11.8 Å². The molecule has 0 aromatic rings. The third-order valence-electron chi connectivity index (χ3n) is 4.35. The van der Waals surface area contributed by atoms with Crippen LogP contribution < -0.4 is 0 Å². The van der Waals surface area contributed by atoms with Crippen molar-refractivity contribution in [2.45, 2.75) is 65.7 Å². The van der Waals surface area contributed by atoms with Crippen molar-refractivity contribution in [2.75, 3.05) is 0 Å². The quantitative estimate of drug-likeness (QED) is 0.588. The first-order chi connectivity index (χ1) is 6.85. The van der Waals surface area contributed by atoms with Crippen LogP contribution in [0.2, 0.25) is 0 Å². The van der Waals surface area contributed by atoms with E-state index in [-0.39, 0.29) is 20.9 Å². The van der Waals surface area contributed by atoms with Gasteiger partial charge >= 0.3 is 5.30 Å². The highest BCUT2D eigenvalue weighted by atomic mass is 32.2. The maximum Gasteiger partial charge on any atom is 0.368 e. The summed E-state index contributed by atoms with van der Waals surface area (Å²) in [6, 6.07) is 0. The van der Waals surface area contributed by atoms with Gasteiger partial charge in [-0.05, 0) is 31.0 Å². The highest BCUT2D eigenvalue weighted by Crippen LogP contribution is 2.61. The van der Waals surface area contributed by atoms with E-state index in [9.17, 15) is 4.79 Å². The normalized spacial score (nSPS) is 36.4. The van der Waals surface area contributed by atoms with Crippen LogP contribution in [-0.2, 0) is 4.74 Å². The molecular formula is C13H24O2S. The van der Waals surface area contributed by atoms with Crippen LogP contribution in [0.25, 0.3) is 0 Å². The third-order valence-corrected chi connectivity index (χ3v) is 6.01. The van der Waals surface area contributed by atoms with Crippen molar-refractivity contribution in [3.05, 3.63) is 0 Å². The molecule has 0 aromatic heterocycles. The molecule has 0 bridgehead atoms. The van der Waals surface area contributed by atoms with Crippen molar-refractivity contribution >= 4 is 17.1 Å². The van der Waals surface area contributed by atoms with Crippen LogP contribution in [0, 0.1) is 10.8 Å². The van der Waals surface area contributed by atoms with E-state index in [2.05, 4.69) is 55.4 Å². The maximum atomic E-state index is 11.7. The van der Waals surface area contributed by atoms with Crippen LogP contribution in [0.5, 0.6) is 0 Å². The minimum absolute atomic E-state index is 0.00581. The lowest BCUT2D eigenvalue weighted by molar-refractivity contribution is -0.0827. The van der Waals surface area contributed by atoms with Crippen molar-refractivity contribution in [1.82, 2.24) is 0 Å². The van der Waals surface area contributed by atoms with Crippen molar-refractivity contribution in [2.24, 2.45) is 10.8 Å². The Morgan fingerprint density at radius 1 is 1.00 bits per heavy atom. The van der Waals surface area contributed by atoms with Crippen molar-refractivity contribution in [3.63, 3.8) is 0 Å². The minimum atomic E-state index is -0.444. The highest BCUT2D eigenvalue weighted by molar-refractivity contribution is 8.14. The summed E-state index contributed by atoms with van der Waals surface area (Å²) in [6.45, 7) is 17.1. The number of hydrogen-bond acceptors (Lipinski definition) is 3. The molecule has 1 fully saturated rings. The summed E-state index contributed by atoms with van der Waals surface area (Å²) in [5.41, 5.74) is -0.514. The Bertz CT molecular complexity index is 281. The number of hydrogen-bond donors (Lipinski definition) is 0. The molecule has 0 spiro atoms. The zero-order chi connectivity index (χ0) is 13.0. The van der Waals surface area contributed by atoms with E-state index in [1.165, 1.54) is 11.8 Å². The molecule has 0 amide bonds. The molecule has 0 aromatic carbocycles. The number of carbonyl (C=O) groups is 1. The summed E-state index contributed by atoms with van der Waals surface area (Å²) in [6.07, 6.45) is 0. The Kier molecular flexibility index (Phi) is 2.96. The second-order valence-corrected chi connectivity index (χ2v) is 8.37. The molecule has 1 aliphatic heterocycles. The average Bonchev–Trinajstić information content (AvgIpc) is 2.21. The van der Waals surface area contributed by atoms with Gasteiger partial charge in [-0.2, -0.15) is 0 Å². The number of cyclic esters (lactones) is 1. The molecular weight excluding hydrogens is 220 g/mol. The topological polar surface area (TPSA) is 26.3 Å². The lowest BCUT2D eigenvalue weighted by atomic mass is 9.62. The average molecular weight is 244 g/mol. The summed E-state index contributed by atoms with van der Waals surface area (Å²) in [4.78, 5) is 11.7. The summed E-state index contributed by atoms with van der Waals surface area (Å²) < 4.78 is 5.47. The fraction of sp³-hybridized carbons (Fsp3) is 0.923. The molecule has 2 atom stereocenters. The van der Waals surface area contributed by atoms with E-state index in [1.54, 1.807) is 0 Å². The van der Waals surface area contributed by atoms with Gasteiger partial charge in [-0.15, -0.1) is 0 Å². The molecule has 2 unspecified atom stereocenters. The Labute approximate surface area is 104 Å². The van der Waals surface area contributed by atoms with E-state index in [0.717, 1.165) is 0 Å². The molecule has 0 N–H and O–H groups in total. The van der Waals surface area contributed by atoms with Crippen LogP contribution in [0.15, 0.2) is 0 Å². The Balaban J connectivity index is 3.34. The number of ether oxygens (including phenoxy) is 1. The molecule has 1 aliphatic rings. The lowest BCUT2D eigenvalue weighted by Crippen LogP contribution is -2.59. The highest BCUT2D eigenvalue weighted by Gasteiger charge is 2.65. The van der Waals surface area contributed by atoms with Crippen LogP contribution in [-0.4, -0.2) is 15.6 Å². The third kappa shape index (κ3) is 1.68. The van der Waals surface area contributed by atoms with Crippen LogP contribution in [0.1, 0.15) is 55.4 Å². The smallest absolute Gasteiger partial charge is 0.368 e. The van der Waals surface area contributed by atoms with E-state index in [1.807, 2.05) is 0 Å². The van der Waals surface area contributed by atoms with Crippen molar-refractivity contribution in [3.8, 4) is 0 Å². The van der Waals surface area contributed by atoms with Gasteiger partial charge in [0.05, 0.1) is 4.75 Å². The first kappa shape index (κ1) is 13.9. The second-order valence-electron chi connectivity index (χ2n) is 7.02. The standard InChI is InChI=1S/C13H24O2S/c1-10(2,3)12(7)13(8,11(4,5)6)16-9(14)15-12/h1-8H3. The predicted molar refractivity (Wildman–Crippen MR) is 69.8 cm³/mol. The van der Waals surface area contributed by atoms with Gasteiger partial charge in [-0.25, -0.2) is 4.79 Å². The first-order valence-corrected chi connectivity index (χ1v) is 6.59. The number of thioether (sulfide) groups is 1. The molecule has 3 heteroatoms. The lowest BCUT2D eigenvalue weighted by Gasteiger charge is -2.52. The van der Waals surface area contributed by atoms with E-state index >= 15 is 0 Å². The van der Waals surface area contributed by atoms with E-state index < -0.39 is 5.60 Å². The fourth-order valence-corrected chi connectivity index (χ4v) is 3.68. The summed E-state index contributed by atoms with van der Waals surface area (Å²) in [7, 11) is 0. The molecule has 0 saturated carbocycles. The zero-order valence-electron chi connectivity index (χ0n) is 11.7. The summed E-state index contributed by atoms with van der Waals surface area (Å²) in [5.74, 6) is 0. The molecule has 1 saturated heterocycles. The van der Waals surface area contributed by atoms with Crippen LogP contribution in [0.4, 0.5) is 4.79 Å². The summed E-state index contributed by atoms with van der Waals surface area (Å²) >= 11 is 1.35. The molecule has 94 valence electrons. The SMILES string of the molecule is CC(C)(C)C1(C)OC(=O)SC1(C)C(C)(C)C. The number of rotatable bonds is 0. The van der Waals surface area contributed by atoms with Gasteiger partial charge in [0.25, 0.3) is 0 Å². The Morgan fingerprint density at radius 2 is 1.44 bits per heavy atom. The van der Waals surface area contributed by atoms with Gasteiger partial charge in [0.2, 0.25) is 0 Å². The van der Waals surface area contributed by atoms with Gasteiger partial charge in [0.1, 0.15) is 5.60 Å². The van der Waals surface area contributed by atoms with Gasteiger partial charge in [-0.3, -0.25) is 0 Å². The fourth-order valence-electron chi connectivity index (χ4n) is 2.29. The second kappa shape index (κ2) is 3.41. The van der Waals surface area contributed by atoms with Gasteiger partial charge in [-0.1, -0.05) is 41.5 Å². The first-order valence-electron chi connectivity index (χ1n) is 5.77. The molecule has 0 radical (unpaired) electrons. The molecule has 2 nitrogen and oxygen atoms in total. The Hall–Kier alpha value is -0.180. The largest absolute Gasteiger partial charge is 0.449 e. The summed E-state index contributed by atoms with van der Waals surface area (Å²) in [5, 5.41) is -0.144. The molecule has 0 aliphatic carbocycles. The molecule has 1 rings (SSSR count). The van der Waals surface area contributed by atoms with Gasteiger partial charge in [0.15, 0.2) is 0 Å². The van der Waals surface area contributed by atoms with Gasteiger partial charge < -0.3 is 4.74 Å². The zero-order valence-corrected chi connectivity index (χ0v) is 12.5. The van der Waals surface area contributed by atoms with Crippen molar-refractivity contribution < 1.29 is 9.53 Å².